The van der Waals surface area contributed by atoms with E-state index in [2.05, 4.69) is 4.40 Å². The molecule has 0 saturated heterocycles. The quantitative estimate of drug-likeness (QED) is 0.610. The maximum Gasteiger partial charge on any atom is 0.282 e. The number of benzene rings is 2. The average Bonchev–Trinajstić information content (AvgIpc) is 2.60. The van der Waals surface area contributed by atoms with Crippen LogP contribution in [0.4, 0.5) is 0 Å². The van der Waals surface area contributed by atoms with Crippen molar-refractivity contribution in [3.8, 4) is 11.5 Å². The van der Waals surface area contributed by atoms with Gasteiger partial charge in [0.05, 0.1) is 23.1 Å². The predicted molar refractivity (Wildman–Crippen MR) is 104 cm³/mol. The van der Waals surface area contributed by atoms with Gasteiger partial charge in [-0.15, -0.1) is 0 Å². The Morgan fingerprint density at radius 1 is 1.12 bits per heavy atom. The first kappa shape index (κ1) is 20.3. The lowest BCUT2D eigenvalue weighted by Gasteiger charge is -2.13. The molecular formula is C19H22ClNO4S. The zero-order valence-electron chi connectivity index (χ0n) is 15.0. The zero-order chi connectivity index (χ0) is 19.2. The Balaban J connectivity index is 2.33. The molecule has 0 spiro atoms. The van der Waals surface area contributed by atoms with Gasteiger partial charge in [-0.2, -0.15) is 12.8 Å². The Kier molecular flexibility index (Phi) is 7.06. The van der Waals surface area contributed by atoms with Crippen LogP contribution in [0.1, 0.15) is 31.4 Å². The Morgan fingerprint density at radius 2 is 1.81 bits per heavy atom. The molecule has 0 saturated carbocycles. The molecule has 2 aromatic rings. The Labute approximate surface area is 159 Å². The number of halogens is 1. The van der Waals surface area contributed by atoms with Gasteiger partial charge in [0.25, 0.3) is 10.0 Å². The fourth-order valence-electron chi connectivity index (χ4n) is 2.17. The molecule has 0 N–H and O–H groups in total. The van der Waals surface area contributed by atoms with E-state index < -0.39 is 10.0 Å². The number of ether oxygens (including phenoxy) is 2. The van der Waals surface area contributed by atoms with Crippen LogP contribution in [0.5, 0.6) is 11.5 Å². The van der Waals surface area contributed by atoms with E-state index in [4.69, 9.17) is 21.1 Å². The number of aryl methyl sites for hydroxylation is 1. The minimum absolute atomic E-state index is 0.137. The SMILES string of the molecule is CCCOc1c(Cl)cc(/C=N\S(=O)(=O)c2ccc(C)cc2)cc1OCC. The minimum atomic E-state index is -3.78. The molecule has 0 radical (unpaired) electrons. The largest absolute Gasteiger partial charge is 0.490 e. The van der Waals surface area contributed by atoms with Crippen molar-refractivity contribution in [3.05, 3.63) is 52.5 Å². The van der Waals surface area contributed by atoms with Crippen LogP contribution in [0.15, 0.2) is 45.7 Å². The summed E-state index contributed by atoms with van der Waals surface area (Å²) in [5.74, 6) is 0.913. The highest BCUT2D eigenvalue weighted by molar-refractivity contribution is 7.90. The highest BCUT2D eigenvalue weighted by Gasteiger charge is 2.14. The predicted octanol–water partition coefficient (Wildman–Crippen LogP) is 4.64. The summed E-state index contributed by atoms with van der Waals surface area (Å²) in [7, 11) is -3.78. The lowest BCUT2D eigenvalue weighted by atomic mass is 10.2. The van der Waals surface area contributed by atoms with Crippen molar-refractivity contribution in [2.24, 2.45) is 4.40 Å². The molecule has 0 bridgehead atoms. The summed E-state index contributed by atoms with van der Waals surface area (Å²) in [6.07, 6.45) is 2.09. The van der Waals surface area contributed by atoms with Crippen LogP contribution in [-0.4, -0.2) is 27.8 Å². The van der Waals surface area contributed by atoms with Crippen molar-refractivity contribution in [1.82, 2.24) is 0 Å². The fraction of sp³-hybridized carbons (Fsp3) is 0.316. The molecule has 0 heterocycles. The molecule has 2 aromatic carbocycles. The van der Waals surface area contributed by atoms with Gasteiger partial charge in [0.1, 0.15) is 0 Å². The van der Waals surface area contributed by atoms with Gasteiger partial charge in [-0.1, -0.05) is 36.2 Å². The maximum atomic E-state index is 12.3. The topological polar surface area (TPSA) is 65.0 Å². The van der Waals surface area contributed by atoms with Gasteiger partial charge < -0.3 is 9.47 Å². The van der Waals surface area contributed by atoms with Crippen molar-refractivity contribution in [1.29, 1.82) is 0 Å². The highest BCUT2D eigenvalue weighted by atomic mass is 35.5. The van der Waals surface area contributed by atoms with E-state index >= 15 is 0 Å². The number of hydrogen-bond donors (Lipinski definition) is 0. The lowest BCUT2D eigenvalue weighted by Crippen LogP contribution is -2.02. The summed E-state index contributed by atoms with van der Waals surface area (Å²) < 4.78 is 39.6. The molecule has 0 aliphatic heterocycles. The molecule has 0 aliphatic rings. The van der Waals surface area contributed by atoms with E-state index in [0.717, 1.165) is 12.0 Å². The highest BCUT2D eigenvalue weighted by Crippen LogP contribution is 2.36. The number of sulfonamides is 1. The van der Waals surface area contributed by atoms with Gasteiger partial charge in [-0.25, -0.2) is 0 Å². The van der Waals surface area contributed by atoms with Crippen LogP contribution in [-0.2, 0) is 10.0 Å². The molecule has 140 valence electrons. The van der Waals surface area contributed by atoms with E-state index in [1.807, 2.05) is 20.8 Å². The van der Waals surface area contributed by atoms with E-state index in [9.17, 15) is 8.42 Å². The summed E-state index contributed by atoms with van der Waals surface area (Å²) in [5.41, 5.74) is 1.49. The molecule has 7 heteroatoms. The molecule has 5 nitrogen and oxygen atoms in total. The normalized spacial score (nSPS) is 11.7. The maximum absolute atomic E-state index is 12.3. The first-order valence-corrected chi connectivity index (χ1v) is 10.1. The second kappa shape index (κ2) is 9.05. The van der Waals surface area contributed by atoms with Crippen LogP contribution < -0.4 is 9.47 Å². The number of hydrogen-bond acceptors (Lipinski definition) is 4. The van der Waals surface area contributed by atoms with Crippen molar-refractivity contribution in [2.45, 2.75) is 32.1 Å². The third-order valence-electron chi connectivity index (χ3n) is 3.44. The molecule has 0 unspecified atom stereocenters. The number of rotatable bonds is 8. The van der Waals surface area contributed by atoms with Gasteiger partial charge in [0.2, 0.25) is 0 Å². The van der Waals surface area contributed by atoms with Crippen LogP contribution in [0.2, 0.25) is 5.02 Å². The second-order valence-electron chi connectivity index (χ2n) is 5.63. The van der Waals surface area contributed by atoms with E-state index in [1.54, 1.807) is 24.3 Å². The molecule has 26 heavy (non-hydrogen) atoms. The van der Waals surface area contributed by atoms with Gasteiger partial charge in [-0.05, 0) is 50.1 Å². The van der Waals surface area contributed by atoms with E-state index in [-0.39, 0.29) is 4.90 Å². The van der Waals surface area contributed by atoms with Crippen molar-refractivity contribution in [3.63, 3.8) is 0 Å². The Bertz CT molecular complexity index is 877. The second-order valence-corrected chi connectivity index (χ2v) is 7.67. The summed E-state index contributed by atoms with van der Waals surface area (Å²) in [5, 5.41) is 0.346. The van der Waals surface area contributed by atoms with Crippen LogP contribution in [0.3, 0.4) is 0 Å². The molecule has 0 aliphatic carbocycles. The van der Waals surface area contributed by atoms with Gasteiger partial charge in [-0.3, -0.25) is 0 Å². The van der Waals surface area contributed by atoms with Crippen molar-refractivity contribution >= 4 is 27.8 Å². The molecule has 0 atom stereocenters. The third kappa shape index (κ3) is 5.22. The first-order valence-electron chi connectivity index (χ1n) is 8.33. The Hall–Kier alpha value is -2.05. The third-order valence-corrected chi connectivity index (χ3v) is 4.97. The van der Waals surface area contributed by atoms with E-state index in [0.29, 0.717) is 35.3 Å². The van der Waals surface area contributed by atoms with E-state index in [1.165, 1.54) is 18.3 Å². The summed E-state index contributed by atoms with van der Waals surface area (Å²) >= 11 is 6.27. The molecule has 0 fully saturated rings. The summed E-state index contributed by atoms with van der Waals surface area (Å²) in [4.78, 5) is 0.137. The van der Waals surface area contributed by atoms with Gasteiger partial charge in [0.15, 0.2) is 11.5 Å². The molecule has 0 amide bonds. The fourth-order valence-corrected chi connectivity index (χ4v) is 3.31. The minimum Gasteiger partial charge on any atom is -0.490 e. The zero-order valence-corrected chi connectivity index (χ0v) is 16.6. The van der Waals surface area contributed by atoms with Crippen LogP contribution in [0.25, 0.3) is 0 Å². The molecule has 2 rings (SSSR count). The smallest absolute Gasteiger partial charge is 0.282 e. The molecule has 0 aromatic heterocycles. The summed E-state index contributed by atoms with van der Waals surface area (Å²) in [6, 6.07) is 9.78. The van der Waals surface area contributed by atoms with Crippen LogP contribution in [0, 0.1) is 6.92 Å². The monoisotopic (exact) mass is 395 g/mol. The first-order chi connectivity index (χ1) is 12.4. The summed E-state index contributed by atoms with van der Waals surface area (Å²) in [6.45, 7) is 6.67. The number of nitrogens with zero attached hydrogens (tertiary/aromatic N) is 1. The van der Waals surface area contributed by atoms with Gasteiger partial charge in [0, 0.05) is 6.21 Å². The average molecular weight is 396 g/mol. The van der Waals surface area contributed by atoms with Crippen molar-refractivity contribution < 1.29 is 17.9 Å². The van der Waals surface area contributed by atoms with Crippen LogP contribution >= 0.6 is 11.6 Å². The Morgan fingerprint density at radius 3 is 2.42 bits per heavy atom. The standard InChI is InChI=1S/C19H22ClNO4S/c1-4-10-25-19-17(20)11-15(12-18(19)24-5-2)13-21-26(22,23)16-8-6-14(3)7-9-16/h6-9,11-13H,4-5,10H2,1-3H3/b21-13-. The molecular weight excluding hydrogens is 374 g/mol. The lowest BCUT2D eigenvalue weighted by molar-refractivity contribution is 0.277. The van der Waals surface area contributed by atoms with Gasteiger partial charge >= 0.3 is 0 Å². The van der Waals surface area contributed by atoms with Crippen molar-refractivity contribution in [2.75, 3.05) is 13.2 Å².